The molecule has 1 aliphatic rings. The first-order valence-electron chi connectivity index (χ1n) is 8.25. The summed E-state index contributed by atoms with van der Waals surface area (Å²) in [6.07, 6.45) is 1.38. The average molecular weight is 337 g/mol. The molecule has 1 atom stereocenters. The maximum atomic E-state index is 12.2. The highest BCUT2D eigenvalue weighted by atomic mass is 16.5. The van der Waals surface area contributed by atoms with Gasteiger partial charge < -0.3 is 10.1 Å². The number of carbonyl (C=O) groups excluding carboxylic acids is 3. The highest BCUT2D eigenvalue weighted by Gasteiger charge is 2.28. The van der Waals surface area contributed by atoms with Crippen molar-refractivity contribution in [1.29, 1.82) is 0 Å². The lowest BCUT2D eigenvalue weighted by Crippen LogP contribution is -2.32. The monoisotopic (exact) mass is 337 g/mol. The number of carbonyl (C=O) groups is 3. The first-order chi connectivity index (χ1) is 12.1. The van der Waals surface area contributed by atoms with Crippen molar-refractivity contribution in [3.63, 3.8) is 0 Å². The van der Waals surface area contributed by atoms with E-state index in [-0.39, 0.29) is 18.3 Å². The molecule has 5 heteroatoms. The van der Waals surface area contributed by atoms with E-state index in [1.807, 2.05) is 36.4 Å². The van der Waals surface area contributed by atoms with E-state index in [1.165, 1.54) is 0 Å². The average Bonchev–Trinajstić information content (AvgIpc) is 2.62. The number of fused-ring (bicyclic) bond motifs is 1. The summed E-state index contributed by atoms with van der Waals surface area (Å²) in [7, 11) is 0. The van der Waals surface area contributed by atoms with Crippen LogP contribution in [0.2, 0.25) is 0 Å². The van der Waals surface area contributed by atoms with Gasteiger partial charge in [-0.05, 0) is 48.2 Å². The Kier molecular flexibility index (Phi) is 4.93. The molecule has 128 valence electrons. The van der Waals surface area contributed by atoms with Crippen LogP contribution < -0.4 is 5.32 Å². The number of amides is 1. The van der Waals surface area contributed by atoms with Crippen molar-refractivity contribution in [2.45, 2.75) is 19.8 Å². The second-order valence-corrected chi connectivity index (χ2v) is 6.01. The Balaban J connectivity index is 1.86. The van der Waals surface area contributed by atoms with Gasteiger partial charge in [0, 0.05) is 11.3 Å². The van der Waals surface area contributed by atoms with Crippen LogP contribution in [0.3, 0.4) is 0 Å². The second kappa shape index (κ2) is 7.30. The van der Waals surface area contributed by atoms with Gasteiger partial charge in [-0.3, -0.25) is 14.4 Å². The first kappa shape index (κ1) is 16.9. The number of esters is 1. The summed E-state index contributed by atoms with van der Waals surface area (Å²) in [4.78, 5) is 34.8. The van der Waals surface area contributed by atoms with Crippen molar-refractivity contribution in [3.05, 3.63) is 53.6 Å². The molecule has 0 bridgehead atoms. The summed E-state index contributed by atoms with van der Waals surface area (Å²) < 4.78 is 4.95. The zero-order valence-electron chi connectivity index (χ0n) is 14.0. The molecule has 25 heavy (non-hydrogen) atoms. The Morgan fingerprint density at radius 2 is 2.04 bits per heavy atom. The summed E-state index contributed by atoms with van der Waals surface area (Å²) in [5.41, 5.74) is 4.26. The fourth-order valence-corrected chi connectivity index (χ4v) is 3.03. The Morgan fingerprint density at radius 1 is 1.24 bits per heavy atom. The molecule has 0 aliphatic carbocycles. The van der Waals surface area contributed by atoms with Crippen molar-refractivity contribution in [2.24, 2.45) is 5.92 Å². The Hall–Kier alpha value is -2.95. The number of anilines is 1. The van der Waals surface area contributed by atoms with Gasteiger partial charge in [-0.15, -0.1) is 0 Å². The second-order valence-electron chi connectivity index (χ2n) is 6.01. The van der Waals surface area contributed by atoms with Crippen LogP contribution in [-0.4, -0.2) is 24.8 Å². The van der Waals surface area contributed by atoms with Gasteiger partial charge >= 0.3 is 5.97 Å². The number of ether oxygens (including phenoxy) is 1. The van der Waals surface area contributed by atoms with Crippen LogP contribution >= 0.6 is 0 Å². The van der Waals surface area contributed by atoms with Crippen LogP contribution in [0.4, 0.5) is 5.69 Å². The predicted octanol–water partition coefficient (Wildman–Crippen LogP) is 3.23. The van der Waals surface area contributed by atoms with Crippen molar-refractivity contribution in [1.82, 2.24) is 0 Å². The van der Waals surface area contributed by atoms with Crippen molar-refractivity contribution in [2.75, 3.05) is 11.9 Å². The Bertz CT molecular complexity index is 828. The fourth-order valence-electron chi connectivity index (χ4n) is 3.03. The van der Waals surface area contributed by atoms with E-state index in [0.717, 1.165) is 28.7 Å². The normalized spacial score (nSPS) is 15.9. The zero-order valence-corrected chi connectivity index (χ0v) is 14.0. The molecule has 2 aromatic carbocycles. The van der Waals surface area contributed by atoms with Crippen molar-refractivity contribution >= 4 is 23.9 Å². The molecule has 1 aliphatic heterocycles. The molecular formula is C20H19NO4. The van der Waals surface area contributed by atoms with Gasteiger partial charge in [0.05, 0.1) is 18.9 Å². The van der Waals surface area contributed by atoms with Gasteiger partial charge in [-0.2, -0.15) is 0 Å². The molecule has 0 radical (unpaired) electrons. The lowest BCUT2D eigenvalue weighted by molar-refractivity contribution is -0.145. The van der Waals surface area contributed by atoms with Crippen LogP contribution in [0.15, 0.2) is 42.5 Å². The molecule has 0 spiro atoms. The largest absolute Gasteiger partial charge is 0.466 e. The summed E-state index contributed by atoms with van der Waals surface area (Å²) >= 11 is 0. The topological polar surface area (TPSA) is 72.5 Å². The lowest BCUT2D eigenvalue weighted by atomic mass is 9.89. The zero-order chi connectivity index (χ0) is 17.8. The number of nitrogens with one attached hydrogen (secondary N) is 1. The van der Waals surface area contributed by atoms with Crippen LogP contribution in [0.25, 0.3) is 11.1 Å². The molecule has 0 saturated heterocycles. The van der Waals surface area contributed by atoms with Crippen LogP contribution in [0.1, 0.15) is 29.3 Å². The number of aldehydes is 1. The smallest absolute Gasteiger partial charge is 0.306 e. The van der Waals surface area contributed by atoms with Crippen LogP contribution in [0, 0.1) is 5.92 Å². The number of rotatable bonds is 5. The first-order valence-corrected chi connectivity index (χ1v) is 8.25. The third kappa shape index (κ3) is 3.76. The molecule has 2 aromatic rings. The summed E-state index contributed by atoms with van der Waals surface area (Å²) in [6, 6.07) is 13.1. The van der Waals surface area contributed by atoms with Crippen LogP contribution in [-0.2, 0) is 20.7 Å². The molecule has 1 N–H and O–H groups in total. The van der Waals surface area contributed by atoms with E-state index in [9.17, 15) is 14.4 Å². The molecule has 1 amide bonds. The Morgan fingerprint density at radius 3 is 2.80 bits per heavy atom. The van der Waals surface area contributed by atoms with Crippen molar-refractivity contribution < 1.29 is 19.1 Å². The number of hydrogen-bond donors (Lipinski definition) is 1. The molecule has 1 unspecified atom stereocenters. The minimum atomic E-state index is -0.428. The van der Waals surface area contributed by atoms with Gasteiger partial charge in [0.25, 0.3) is 0 Å². The maximum Gasteiger partial charge on any atom is 0.306 e. The van der Waals surface area contributed by atoms with E-state index >= 15 is 0 Å². The standard InChI is InChI=1S/C20H19NO4/c1-2-25-19(23)11-17-10-16-9-15(6-7-18(16)21-20(17)24)14-5-3-4-13(8-14)12-22/h3-9,12,17H,2,10-11H2,1H3,(H,21,24). The minimum absolute atomic E-state index is 0.0734. The van der Waals surface area contributed by atoms with E-state index in [1.54, 1.807) is 13.0 Å². The number of hydrogen-bond acceptors (Lipinski definition) is 4. The fraction of sp³-hybridized carbons (Fsp3) is 0.250. The van der Waals surface area contributed by atoms with Gasteiger partial charge in [-0.1, -0.05) is 24.3 Å². The molecule has 3 rings (SSSR count). The summed E-state index contributed by atoms with van der Waals surface area (Å²) in [5.74, 6) is -0.944. The maximum absolute atomic E-state index is 12.2. The highest BCUT2D eigenvalue weighted by Crippen LogP contribution is 2.31. The molecule has 1 heterocycles. The predicted molar refractivity (Wildman–Crippen MR) is 94.3 cm³/mol. The molecule has 0 saturated carbocycles. The molecular weight excluding hydrogens is 318 g/mol. The number of benzene rings is 2. The van der Waals surface area contributed by atoms with E-state index < -0.39 is 5.92 Å². The molecule has 0 aromatic heterocycles. The van der Waals surface area contributed by atoms with E-state index in [2.05, 4.69) is 5.32 Å². The molecule has 0 fully saturated rings. The van der Waals surface area contributed by atoms with Gasteiger partial charge in [0.2, 0.25) is 5.91 Å². The summed E-state index contributed by atoms with van der Waals surface area (Å²) in [5, 5.41) is 2.86. The van der Waals surface area contributed by atoms with Crippen LogP contribution in [0.5, 0.6) is 0 Å². The van der Waals surface area contributed by atoms with Crippen molar-refractivity contribution in [3.8, 4) is 11.1 Å². The van der Waals surface area contributed by atoms with E-state index in [4.69, 9.17) is 4.74 Å². The SMILES string of the molecule is CCOC(=O)CC1Cc2cc(-c3cccc(C=O)c3)ccc2NC1=O. The minimum Gasteiger partial charge on any atom is -0.466 e. The lowest BCUT2D eigenvalue weighted by Gasteiger charge is -2.24. The third-order valence-corrected chi connectivity index (χ3v) is 4.27. The highest BCUT2D eigenvalue weighted by molar-refractivity contribution is 5.98. The third-order valence-electron chi connectivity index (χ3n) is 4.27. The van der Waals surface area contributed by atoms with Gasteiger partial charge in [-0.25, -0.2) is 0 Å². The Labute approximate surface area is 146 Å². The molecule has 5 nitrogen and oxygen atoms in total. The van der Waals surface area contributed by atoms with Gasteiger partial charge in [0.15, 0.2) is 0 Å². The van der Waals surface area contributed by atoms with E-state index in [0.29, 0.717) is 18.6 Å². The quantitative estimate of drug-likeness (QED) is 0.671. The summed E-state index contributed by atoms with van der Waals surface area (Å²) in [6.45, 7) is 2.05. The van der Waals surface area contributed by atoms with Gasteiger partial charge in [0.1, 0.15) is 6.29 Å².